The van der Waals surface area contributed by atoms with Crippen LogP contribution in [0, 0.1) is 0 Å². The summed E-state index contributed by atoms with van der Waals surface area (Å²) >= 11 is 0. The number of nitrogens with zero attached hydrogens (tertiary/aromatic N) is 9. The summed E-state index contributed by atoms with van der Waals surface area (Å²) in [6.45, 7) is 8.48. The summed E-state index contributed by atoms with van der Waals surface area (Å²) in [5.41, 5.74) is 10.5. The Labute approximate surface area is 316 Å². The quantitative estimate of drug-likeness (QED) is 0.199. The van der Waals surface area contributed by atoms with E-state index in [1.807, 2.05) is 24.3 Å². The second-order valence-corrected chi connectivity index (χ2v) is 18.6. The van der Waals surface area contributed by atoms with E-state index in [4.69, 9.17) is 15.7 Å². The highest BCUT2D eigenvalue weighted by molar-refractivity contribution is 6.58. The Hall–Kier alpha value is -3.64. The number of rotatable bonds is 20. The first-order valence-electron chi connectivity index (χ1n) is 19.0. The maximum absolute atomic E-state index is 12.7. The van der Waals surface area contributed by atoms with E-state index in [-0.39, 0.29) is 18.0 Å². The minimum absolute atomic E-state index is 0.0243. The third-order valence-electron chi connectivity index (χ3n) is 9.05. The Morgan fingerprint density at radius 2 is 0.885 bits per heavy atom. The third kappa shape index (κ3) is 16.4. The summed E-state index contributed by atoms with van der Waals surface area (Å²) in [6.07, 6.45) is 4.54. The van der Waals surface area contributed by atoms with Crippen LogP contribution < -0.4 is 15.5 Å². The van der Waals surface area contributed by atoms with Crippen LogP contribution >= 0.6 is 0 Å². The Bertz CT molecular complexity index is 1480. The van der Waals surface area contributed by atoms with Crippen LogP contribution in [0.5, 0.6) is 0 Å². The molecule has 2 aromatic rings. The van der Waals surface area contributed by atoms with E-state index >= 15 is 0 Å². The number of anilines is 2. The van der Waals surface area contributed by atoms with Gasteiger partial charge in [-0.2, -0.15) is 0 Å². The van der Waals surface area contributed by atoms with E-state index < -0.39 is 0 Å². The molecule has 288 valence electrons. The molecule has 0 saturated carbocycles. The molecular weight excluding hydrogens is 649 g/mol. The number of ketones is 1. The number of aliphatic imine (C=N–C) groups is 3. The Morgan fingerprint density at radius 1 is 0.558 bits per heavy atom. The van der Waals surface area contributed by atoms with Crippen LogP contribution in [0.25, 0.3) is 0 Å². The van der Waals surface area contributed by atoms with Gasteiger partial charge in [0.15, 0.2) is 11.7 Å². The summed E-state index contributed by atoms with van der Waals surface area (Å²) in [5, 5.41) is 0. The van der Waals surface area contributed by atoms with Crippen molar-refractivity contribution in [3.63, 3.8) is 0 Å². The molecule has 0 atom stereocenters. The van der Waals surface area contributed by atoms with Gasteiger partial charge in [0.1, 0.15) is 0 Å². The van der Waals surface area contributed by atoms with Crippen LogP contribution in [0.2, 0.25) is 0 Å². The number of carbonyl (C=O) groups excluding carboxylic acids is 1. The van der Waals surface area contributed by atoms with Crippen molar-refractivity contribution in [1.29, 1.82) is 0 Å². The summed E-state index contributed by atoms with van der Waals surface area (Å²) < 4.78 is 3.82. The van der Waals surface area contributed by atoms with Crippen molar-refractivity contribution >= 4 is 45.9 Å². The minimum Gasteiger partial charge on any atom is -0.381 e. The van der Waals surface area contributed by atoms with Gasteiger partial charge in [-0.15, -0.1) is 0 Å². The predicted molar refractivity (Wildman–Crippen MR) is 223 cm³/mol. The molecule has 3 rings (SSSR count). The number of quaternary nitrogens is 4. The molecule has 0 saturated heterocycles. The summed E-state index contributed by atoms with van der Waals surface area (Å²) in [7, 11) is 26.9. The smallest absolute Gasteiger partial charge is 0.203 e. The van der Waals surface area contributed by atoms with E-state index in [0.717, 1.165) is 107 Å². The first-order chi connectivity index (χ1) is 24.1. The van der Waals surface area contributed by atoms with Gasteiger partial charge in [-0.3, -0.25) is 4.79 Å². The summed E-state index contributed by atoms with van der Waals surface area (Å²) in [4.78, 5) is 31.8. The van der Waals surface area contributed by atoms with Crippen LogP contribution in [0.3, 0.4) is 0 Å². The molecule has 1 aliphatic rings. The molecule has 11 nitrogen and oxygen atoms in total. The predicted octanol–water partition coefficient (Wildman–Crippen LogP) is 4.82. The average Bonchev–Trinajstić information content (AvgIpc) is 3.00. The van der Waals surface area contributed by atoms with Crippen molar-refractivity contribution < 1.29 is 22.7 Å². The lowest BCUT2D eigenvalue weighted by Crippen LogP contribution is -2.39. The first kappa shape index (κ1) is 42.8. The molecule has 52 heavy (non-hydrogen) atoms. The molecule has 0 fully saturated rings. The Balaban J connectivity index is 1.83. The third-order valence-corrected chi connectivity index (χ3v) is 9.05. The van der Waals surface area contributed by atoms with Gasteiger partial charge in [-0.25, -0.2) is 15.0 Å². The molecule has 1 heterocycles. The normalized spacial score (nSPS) is 16.1. The number of hydrogen-bond donors (Lipinski definition) is 1. The van der Waals surface area contributed by atoms with Crippen LogP contribution in [-0.4, -0.2) is 178 Å². The second-order valence-electron chi connectivity index (χ2n) is 18.6. The van der Waals surface area contributed by atoms with E-state index in [1.165, 1.54) is 11.4 Å². The molecule has 0 radical (unpaired) electrons. The molecule has 11 heteroatoms. The molecule has 2 N–H and O–H groups in total. The van der Waals surface area contributed by atoms with Gasteiger partial charge in [0.25, 0.3) is 0 Å². The molecule has 0 bridgehead atoms. The molecule has 1 aliphatic heterocycles. The number of nitrogens with two attached hydrogens (primary N) is 1. The van der Waals surface area contributed by atoms with Crippen molar-refractivity contribution in [1.82, 2.24) is 0 Å². The molecule has 0 spiro atoms. The monoisotopic (exact) mass is 721 g/mol. The molecule has 0 amide bonds. The number of hydrogen-bond acceptors (Lipinski definition) is 6. The van der Waals surface area contributed by atoms with Crippen LogP contribution in [-0.2, 0) is 4.79 Å². The molecule has 0 aliphatic carbocycles. The largest absolute Gasteiger partial charge is 0.381 e. The Kier molecular flexibility index (Phi) is 15.1. The molecular formula is C41H72N10O+4. The highest BCUT2D eigenvalue weighted by Gasteiger charge is 2.24. The maximum Gasteiger partial charge on any atom is 0.203 e. The highest BCUT2D eigenvalue weighted by atomic mass is 16.1. The van der Waals surface area contributed by atoms with E-state index in [9.17, 15) is 4.79 Å². The fraction of sp³-hybridized carbons (Fsp3) is 0.610. The topological polar surface area (TPSA) is 86.6 Å². The molecule has 2 aromatic carbocycles. The van der Waals surface area contributed by atoms with Gasteiger partial charge < -0.3 is 33.5 Å². The van der Waals surface area contributed by atoms with Crippen molar-refractivity contribution in [3.8, 4) is 0 Å². The summed E-state index contributed by atoms with van der Waals surface area (Å²) in [6, 6.07) is 16.7. The van der Waals surface area contributed by atoms with Crippen LogP contribution in [0.15, 0.2) is 63.5 Å². The lowest BCUT2D eigenvalue weighted by Gasteiger charge is -2.30. The number of benzene rings is 2. The van der Waals surface area contributed by atoms with Gasteiger partial charge in [-0.1, -0.05) is 0 Å². The van der Waals surface area contributed by atoms with Crippen molar-refractivity contribution in [2.45, 2.75) is 32.1 Å². The first-order valence-corrected chi connectivity index (χ1v) is 19.0. The minimum atomic E-state index is -0.233. The fourth-order valence-corrected chi connectivity index (χ4v) is 6.18. The molecule has 0 unspecified atom stereocenters. The summed E-state index contributed by atoms with van der Waals surface area (Å²) in [5.74, 6) is 0.131. The SMILES string of the molecule is C[N+](C)(C)CCCN(CCC[N+](C)(C)C)c1ccc(N=C2CC(=O)C(N)=NC2=Nc2ccc(N(CCC[N+](C)(C)C)CCC[N+](C)(C)C)cc2)cc1. The van der Waals surface area contributed by atoms with Gasteiger partial charge in [0, 0.05) is 63.2 Å². The lowest BCUT2D eigenvalue weighted by molar-refractivity contribution is -0.870. The zero-order valence-corrected chi connectivity index (χ0v) is 34.8. The molecule has 0 aromatic heterocycles. The van der Waals surface area contributed by atoms with Gasteiger partial charge >= 0.3 is 0 Å². The van der Waals surface area contributed by atoms with E-state index in [0.29, 0.717) is 11.5 Å². The zero-order valence-electron chi connectivity index (χ0n) is 34.8. The lowest BCUT2D eigenvalue weighted by atomic mass is 10.1. The van der Waals surface area contributed by atoms with Gasteiger partial charge in [-0.05, 0) is 48.5 Å². The van der Waals surface area contributed by atoms with Crippen molar-refractivity contribution in [2.24, 2.45) is 20.7 Å². The van der Waals surface area contributed by atoms with E-state index in [2.05, 4.69) is 124 Å². The number of Topliss-reactive ketones (excluding diaryl/α,β-unsaturated/α-hetero) is 1. The van der Waals surface area contributed by atoms with Crippen molar-refractivity contribution in [2.75, 3.05) is 147 Å². The van der Waals surface area contributed by atoms with Crippen LogP contribution in [0.4, 0.5) is 22.7 Å². The maximum atomic E-state index is 12.7. The highest BCUT2D eigenvalue weighted by Crippen LogP contribution is 2.25. The van der Waals surface area contributed by atoms with Crippen molar-refractivity contribution in [3.05, 3.63) is 48.5 Å². The van der Waals surface area contributed by atoms with Gasteiger partial charge in [0.2, 0.25) is 5.78 Å². The fourth-order valence-electron chi connectivity index (χ4n) is 6.18. The second kappa shape index (κ2) is 18.4. The number of amidine groups is 2. The average molecular weight is 721 g/mol. The van der Waals surface area contributed by atoms with E-state index in [1.54, 1.807) is 0 Å². The number of carbonyl (C=O) groups is 1. The standard InChI is InChI=1S/C41H72N10O/c1-48(2,3)29-13-25-46(26-14-30-49(4,5)6)36-21-17-34(18-22-36)43-38-33-39(52)40(42)45-41(38)44-35-19-23-37(24-20-35)47(27-15-31-50(7,8)9)28-16-32-51(10,11)12/h17-24H,13-16,25-33H2,1-12H3,(H2,42,44,45)/q+4. The van der Waals surface area contributed by atoms with Crippen LogP contribution in [0.1, 0.15) is 32.1 Å². The van der Waals surface area contributed by atoms with Gasteiger partial charge in [0.05, 0.1) is 134 Å². The zero-order chi connectivity index (χ0) is 38.7. The Morgan fingerprint density at radius 3 is 1.21 bits per heavy atom.